The molecule has 0 aromatic carbocycles. The molecule has 1 aliphatic carbocycles. The van der Waals surface area contributed by atoms with Crippen LogP contribution in [0.3, 0.4) is 0 Å². The summed E-state index contributed by atoms with van der Waals surface area (Å²) in [7, 11) is 2.97. The maximum atomic E-state index is 12.1. The van der Waals surface area contributed by atoms with Crippen LogP contribution in [-0.2, 0) is 19.1 Å². The summed E-state index contributed by atoms with van der Waals surface area (Å²) in [5.41, 5.74) is 0. The second kappa shape index (κ2) is 21.7. The Balaban J connectivity index is 2.03. The summed E-state index contributed by atoms with van der Waals surface area (Å²) in [6.45, 7) is 2.71. The van der Waals surface area contributed by atoms with Crippen LogP contribution in [0.5, 0.6) is 0 Å². The van der Waals surface area contributed by atoms with Gasteiger partial charge in [0.05, 0.1) is 7.11 Å². The molecule has 2 unspecified atom stereocenters. The predicted molar refractivity (Wildman–Crippen MR) is 156 cm³/mol. The summed E-state index contributed by atoms with van der Waals surface area (Å²) >= 11 is 0. The smallest absolute Gasteiger partial charge is 0.330 e. The molecule has 0 saturated heterocycles. The summed E-state index contributed by atoms with van der Waals surface area (Å²) in [4.78, 5) is 36.8. The van der Waals surface area contributed by atoms with Crippen molar-refractivity contribution in [2.45, 2.75) is 70.8 Å². The van der Waals surface area contributed by atoms with Crippen molar-refractivity contribution in [3.63, 3.8) is 0 Å². The molecule has 1 rings (SSSR count). The molecular formula is C32H46N2O4. The van der Waals surface area contributed by atoms with Crippen molar-refractivity contribution in [1.29, 1.82) is 0 Å². The molecule has 0 aromatic rings. The van der Waals surface area contributed by atoms with E-state index in [1.165, 1.54) is 13.2 Å². The maximum Gasteiger partial charge on any atom is 0.330 e. The van der Waals surface area contributed by atoms with E-state index in [1.807, 2.05) is 6.08 Å². The molecule has 0 bridgehead atoms. The van der Waals surface area contributed by atoms with Crippen LogP contribution in [0.15, 0.2) is 85.1 Å². The molecule has 0 aliphatic heterocycles. The fourth-order valence-corrected chi connectivity index (χ4v) is 3.60. The lowest BCUT2D eigenvalue weighted by Gasteiger charge is -2.15. The van der Waals surface area contributed by atoms with Crippen LogP contribution in [0.4, 0.5) is 0 Å². The van der Waals surface area contributed by atoms with Crippen molar-refractivity contribution in [2.75, 3.05) is 20.7 Å². The SMILES string of the molecule is CC/C=C\C/C=C\C/C=C\C/C=C\C/C=C\C/C=C\CCC(=O)NCC1CC1N(C)C(=O)/C=C/C(=O)OC. The van der Waals surface area contributed by atoms with Crippen LogP contribution in [0, 0.1) is 5.92 Å². The van der Waals surface area contributed by atoms with Crippen LogP contribution < -0.4 is 5.32 Å². The number of hydrogen-bond donors (Lipinski definition) is 1. The molecule has 0 heterocycles. The molecule has 1 fully saturated rings. The highest BCUT2D eigenvalue weighted by molar-refractivity contribution is 5.94. The van der Waals surface area contributed by atoms with Gasteiger partial charge < -0.3 is 15.0 Å². The largest absolute Gasteiger partial charge is 0.466 e. The number of allylic oxidation sites excluding steroid dienone is 12. The lowest BCUT2D eigenvalue weighted by atomic mass is 10.2. The average molecular weight is 523 g/mol. The number of carbonyl (C=O) groups is 3. The van der Waals surface area contributed by atoms with Crippen molar-refractivity contribution in [1.82, 2.24) is 10.2 Å². The van der Waals surface area contributed by atoms with E-state index in [9.17, 15) is 14.4 Å². The Morgan fingerprint density at radius 1 is 0.789 bits per heavy atom. The van der Waals surface area contributed by atoms with Crippen LogP contribution in [0.25, 0.3) is 0 Å². The Morgan fingerprint density at radius 3 is 1.79 bits per heavy atom. The van der Waals surface area contributed by atoms with Gasteiger partial charge in [-0.25, -0.2) is 4.79 Å². The van der Waals surface area contributed by atoms with Crippen LogP contribution >= 0.6 is 0 Å². The minimum Gasteiger partial charge on any atom is -0.466 e. The molecule has 0 radical (unpaired) electrons. The molecule has 208 valence electrons. The fraction of sp³-hybridized carbons (Fsp3) is 0.469. The first kappa shape index (κ1) is 32.6. The number of carbonyl (C=O) groups excluding carboxylic acids is 3. The van der Waals surface area contributed by atoms with E-state index in [2.05, 4.69) is 83.8 Å². The van der Waals surface area contributed by atoms with E-state index in [1.54, 1.807) is 11.9 Å². The molecule has 0 aromatic heterocycles. The van der Waals surface area contributed by atoms with Crippen molar-refractivity contribution in [3.8, 4) is 0 Å². The lowest BCUT2D eigenvalue weighted by Crippen LogP contribution is -2.32. The number of methoxy groups -OCH3 is 1. The van der Waals surface area contributed by atoms with Gasteiger partial charge in [0.15, 0.2) is 0 Å². The van der Waals surface area contributed by atoms with Gasteiger partial charge >= 0.3 is 5.97 Å². The number of ether oxygens (including phenoxy) is 1. The number of nitrogens with one attached hydrogen (secondary N) is 1. The standard InChI is InChI=1S/C32H46N2O4/c1-4-5-6-7-8-9-10-11-12-13-14-15-16-17-18-19-20-21-22-23-30(35)33-27-28-26-29(28)34(2)31(36)24-25-32(37)38-3/h5-6,8-9,11-12,14-15,17-18,20-21,24-25,28-29H,4,7,10,13,16,19,22-23,26-27H2,1-3H3,(H,33,35)/b6-5-,9-8-,12-11-,15-14-,18-17-,21-20-,25-24+. The molecule has 1 aliphatic rings. The van der Waals surface area contributed by atoms with E-state index in [0.29, 0.717) is 19.4 Å². The van der Waals surface area contributed by atoms with Gasteiger partial charge in [-0.2, -0.15) is 0 Å². The molecule has 2 amide bonds. The Morgan fingerprint density at radius 2 is 1.29 bits per heavy atom. The van der Waals surface area contributed by atoms with Gasteiger partial charge in [-0.15, -0.1) is 0 Å². The molecule has 1 N–H and O–H groups in total. The van der Waals surface area contributed by atoms with E-state index in [-0.39, 0.29) is 23.8 Å². The van der Waals surface area contributed by atoms with Gasteiger partial charge in [0.2, 0.25) is 11.8 Å². The van der Waals surface area contributed by atoms with E-state index < -0.39 is 5.97 Å². The second-order valence-electron chi connectivity index (χ2n) is 9.13. The minimum atomic E-state index is -0.557. The highest BCUT2D eigenvalue weighted by Crippen LogP contribution is 2.34. The summed E-state index contributed by atoms with van der Waals surface area (Å²) in [6.07, 6.45) is 36.2. The Bertz CT molecular complexity index is 908. The van der Waals surface area contributed by atoms with Gasteiger partial charge in [0, 0.05) is 38.2 Å². The number of rotatable bonds is 19. The zero-order valence-electron chi connectivity index (χ0n) is 23.4. The molecular weight excluding hydrogens is 476 g/mol. The molecule has 6 nitrogen and oxygen atoms in total. The van der Waals surface area contributed by atoms with Gasteiger partial charge in [-0.05, 0) is 57.3 Å². The number of hydrogen-bond acceptors (Lipinski definition) is 4. The summed E-state index contributed by atoms with van der Waals surface area (Å²) < 4.78 is 4.49. The quantitative estimate of drug-likeness (QED) is 0.125. The zero-order chi connectivity index (χ0) is 27.8. The molecule has 6 heteroatoms. The first-order valence-electron chi connectivity index (χ1n) is 13.7. The molecule has 1 saturated carbocycles. The Hall–Kier alpha value is -3.41. The number of nitrogens with zero attached hydrogens (tertiary/aromatic N) is 1. The van der Waals surface area contributed by atoms with Gasteiger partial charge in [-0.3, -0.25) is 9.59 Å². The third-order valence-electron chi connectivity index (χ3n) is 5.99. The minimum absolute atomic E-state index is 0.0229. The van der Waals surface area contributed by atoms with E-state index in [0.717, 1.165) is 51.0 Å². The molecule has 0 spiro atoms. The fourth-order valence-electron chi connectivity index (χ4n) is 3.60. The highest BCUT2D eigenvalue weighted by Gasteiger charge is 2.41. The Kier molecular flexibility index (Phi) is 18.6. The lowest BCUT2D eigenvalue weighted by molar-refractivity contribution is -0.135. The Labute approximate surface area is 229 Å². The topological polar surface area (TPSA) is 75.7 Å². The first-order chi connectivity index (χ1) is 18.5. The van der Waals surface area contributed by atoms with Crippen molar-refractivity contribution in [2.24, 2.45) is 5.92 Å². The van der Waals surface area contributed by atoms with Crippen LogP contribution in [-0.4, -0.2) is 49.4 Å². The van der Waals surface area contributed by atoms with Crippen LogP contribution in [0.2, 0.25) is 0 Å². The summed E-state index contributed by atoms with van der Waals surface area (Å²) in [5.74, 6) is -0.523. The van der Waals surface area contributed by atoms with Crippen molar-refractivity contribution in [3.05, 3.63) is 85.1 Å². The summed E-state index contributed by atoms with van der Waals surface area (Å²) in [5, 5.41) is 2.95. The third kappa shape index (κ3) is 17.1. The van der Waals surface area contributed by atoms with E-state index >= 15 is 0 Å². The zero-order valence-corrected chi connectivity index (χ0v) is 23.4. The first-order valence-corrected chi connectivity index (χ1v) is 13.7. The normalized spacial score (nSPS) is 17.8. The molecule has 2 atom stereocenters. The van der Waals surface area contributed by atoms with Gasteiger partial charge in [0.1, 0.15) is 0 Å². The number of esters is 1. The van der Waals surface area contributed by atoms with Gasteiger partial charge in [0.25, 0.3) is 0 Å². The number of likely N-dealkylation sites (N-methyl/N-ethyl adjacent to an activating group) is 1. The number of amides is 2. The second-order valence-corrected chi connectivity index (χ2v) is 9.13. The monoisotopic (exact) mass is 522 g/mol. The maximum absolute atomic E-state index is 12.1. The van der Waals surface area contributed by atoms with Crippen molar-refractivity contribution < 1.29 is 19.1 Å². The van der Waals surface area contributed by atoms with E-state index in [4.69, 9.17) is 0 Å². The summed E-state index contributed by atoms with van der Waals surface area (Å²) in [6, 6.07) is 0.0912. The molecule has 38 heavy (non-hydrogen) atoms. The highest BCUT2D eigenvalue weighted by atomic mass is 16.5. The third-order valence-corrected chi connectivity index (χ3v) is 5.99. The van der Waals surface area contributed by atoms with Crippen molar-refractivity contribution >= 4 is 17.8 Å². The van der Waals surface area contributed by atoms with Crippen LogP contribution in [0.1, 0.15) is 64.7 Å². The van der Waals surface area contributed by atoms with Gasteiger partial charge in [-0.1, -0.05) is 79.8 Å². The predicted octanol–water partition coefficient (Wildman–Crippen LogP) is 6.16. The average Bonchev–Trinajstić information content (AvgIpc) is 3.70.